The maximum absolute atomic E-state index is 2.67. The van der Waals surface area contributed by atoms with Crippen molar-refractivity contribution >= 4 is 0 Å². The van der Waals surface area contributed by atoms with E-state index in [0.29, 0.717) is 10.8 Å². The summed E-state index contributed by atoms with van der Waals surface area (Å²) in [5.74, 6) is 0.871. The predicted octanol–water partition coefficient (Wildman–Crippen LogP) is 4.50. The average Bonchev–Trinajstić information content (AvgIpc) is 2.36. The molecule has 1 aliphatic rings. The van der Waals surface area contributed by atoms with Gasteiger partial charge >= 0.3 is 0 Å². The van der Waals surface area contributed by atoms with Gasteiger partial charge in [0.25, 0.3) is 0 Å². The molecule has 2 nitrogen and oxygen atoms in total. The van der Waals surface area contributed by atoms with Crippen molar-refractivity contribution in [2.45, 2.75) is 67.2 Å². The second kappa shape index (κ2) is 7.97. The zero-order chi connectivity index (χ0) is 16.1. The Morgan fingerprint density at radius 3 is 1.90 bits per heavy atom. The molecule has 0 N–H and O–H groups in total. The molecule has 1 unspecified atom stereocenters. The van der Waals surface area contributed by atoms with E-state index < -0.39 is 0 Å². The SMILES string of the molecule is CC(CCC(C)(C)C)CCC(C)(C)CN1CCN(C)CC1. The van der Waals surface area contributed by atoms with Gasteiger partial charge in [0.1, 0.15) is 0 Å². The first-order valence-electron chi connectivity index (χ1n) is 8.98. The Balaban J connectivity index is 2.25. The molecular formula is C19H40N2. The van der Waals surface area contributed by atoms with Crippen LogP contribution in [0.3, 0.4) is 0 Å². The molecule has 1 heterocycles. The third kappa shape index (κ3) is 8.83. The highest BCUT2D eigenvalue weighted by Crippen LogP contribution is 2.30. The van der Waals surface area contributed by atoms with Crippen molar-refractivity contribution in [1.82, 2.24) is 9.80 Å². The lowest BCUT2D eigenvalue weighted by Crippen LogP contribution is -2.47. The molecule has 1 saturated heterocycles. The van der Waals surface area contributed by atoms with Crippen molar-refractivity contribution in [2.75, 3.05) is 39.8 Å². The maximum Gasteiger partial charge on any atom is 0.0110 e. The first-order valence-corrected chi connectivity index (χ1v) is 8.98. The van der Waals surface area contributed by atoms with Gasteiger partial charge in [-0.1, -0.05) is 54.4 Å². The third-order valence-corrected chi connectivity index (χ3v) is 4.95. The largest absolute Gasteiger partial charge is 0.304 e. The molecule has 1 aliphatic heterocycles. The zero-order valence-corrected chi connectivity index (χ0v) is 15.8. The molecule has 1 fully saturated rings. The van der Waals surface area contributed by atoms with Crippen LogP contribution in [0, 0.1) is 16.7 Å². The Morgan fingerprint density at radius 2 is 1.38 bits per heavy atom. The fourth-order valence-corrected chi connectivity index (χ4v) is 3.15. The van der Waals surface area contributed by atoms with E-state index in [2.05, 4.69) is 58.4 Å². The monoisotopic (exact) mass is 296 g/mol. The average molecular weight is 297 g/mol. The van der Waals surface area contributed by atoms with Gasteiger partial charge in [0, 0.05) is 32.7 Å². The highest BCUT2D eigenvalue weighted by Gasteiger charge is 2.24. The van der Waals surface area contributed by atoms with Gasteiger partial charge in [0.2, 0.25) is 0 Å². The molecule has 0 amide bonds. The Labute approximate surface area is 134 Å². The molecule has 0 aliphatic carbocycles. The normalized spacial score (nSPS) is 20.7. The summed E-state index contributed by atoms with van der Waals surface area (Å²) >= 11 is 0. The fraction of sp³-hybridized carbons (Fsp3) is 1.00. The predicted molar refractivity (Wildman–Crippen MR) is 94.8 cm³/mol. The molecule has 2 heteroatoms. The van der Waals surface area contributed by atoms with Gasteiger partial charge in [-0.25, -0.2) is 0 Å². The van der Waals surface area contributed by atoms with E-state index in [-0.39, 0.29) is 0 Å². The van der Waals surface area contributed by atoms with Crippen LogP contribution in [-0.4, -0.2) is 49.6 Å². The van der Waals surface area contributed by atoms with Crippen molar-refractivity contribution in [3.63, 3.8) is 0 Å². The quantitative estimate of drug-likeness (QED) is 0.682. The highest BCUT2D eigenvalue weighted by atomic mass is 15.2. The summed E-state index contributed by atoms with van der Waals surface area (Å²) in [4.78, 5) is 5.11. The molecule has 0 bridgehead atoms. The van der Waals surface area contributed by atoms with E-state index in [4.69, 9.17) is 0 Å². The van der Waals surface area contributed by atoms with Gasteiger partial charge in [0.15, 0.2) is 0 Å². The lowest BCUT2D eigenvalue weighted by Gasteiger charge is -2.38. The van der Waals surface area contributed by atoms with Crippen LogP contribution in [0.15, 0.2) is 0 Å². The minimum Gasteiger partial charge on any atom is -0.304 e. The Morgan fingerprint density at radius 1 is 0.857 bits per heavy atom. The summed E-state index contributed by atoms with van der Waals surface area (Å²) < 4.78 is 0. The van der Waals surface area contributed by atoms with Crippen LogP contribution >= 0.6 is 0 Å². The van der Waals surface area contributed by atoms with Gasteiger partial charge in [-0.2, -0.15) is 0 Å². The first kappa shape index (κ1) is 19.0. The summed E-state index contributed by atoms with van der Waals surface area (Å²) in [5.41, 5.74) is 0.954. The Hall–Kier alpha value is -0.0800. The second-order valence-corrected chi connectivity index (χ2v) is 9.49. The summed E-state index contributed by atoms with van der Waals surface area (Å²) in [7, 11) is 2.24. The Kier molecular flexibility index (Phi) is 7.19. The molecule has 0 aromatic carbocycles. The van der Waals surface area contributed by atoms with Gasteiger partial charge in [-0.15, -0.1) is 0 Å². The van der Waals surface area contributed by atoms with E-state index in [9.17, 15) is 0 Å². The molecule has 0 aromatic rings. The summed E-state index contributed by atoms with van der Waals surface area (Å²) in [5, 5.41) is 0. The van der Waals surface area contributed by atoms with Crippen LogP contribution < -0.4 is 0 Å². The van der Waals surface area contributed by atoms with Crippen LogP contribution in [-0.2, 0) is 0 Å². The third-order valence-electron chi connectivity index (χ3n) is 4.95. The molecule has 21 heavy (non-hydrogen) atoms. The van der Waals surface area contributed by atoms with Crippen LogP contribution in [0.4, 0.5) is 0 Å². The highest BCUT2D eigenvalue weighted by molar-refractivity contribution is 4.78. The second-order valence-electron chi connectivity index (χ2n) is 9.49. The minimum atomic E-state index is 0.464. The number of likely N-dealkylation sites (N-methyl/N-ethyl adjacent to an activating group) is 1. The smallest absolute Gasteiger partial charge is 0.0110 e. The van der Waals surface area contributed by atoms with Crippen LogP contribution in [0.1, 0.15) is 67.2 Å². The summed E-state index contributed by atoms with van der Waals surface area (Å²) in [6.07, 6.45) is 5.49. The van der Waals surface area contributed by atoms with E-state index in [0.717, 1.165) is 5.92 Å². The zero-order valence-electron chi connectivity index (χ0n) is 15.8. The van der Waals surface area contributed by atoms with Crippen LogP contribution in [0.25, 0.3) is 0 Å². The standard InChI is InChI=1S/C19H40N2/c1-17(8-10-18(2,3)4)9-11-19(5,6)16-21-14-12-20(7)13-15-21/h17H,8-16H2,1-7H3. The number of piperazine rings is 1. The molecule has 0 aromatic heterocycles. The van der Waals surface area contributed by atoms with Gasteiger partial charge < -0.3 is 9.80 Å². The summed E-state index contributed by atoms with van der Waals surface area (Å²) in [6.45, 7) is 20.7. The maximum atomic E-state index is 2.67. The van der Waals surface area contributed by atoms with Crippen LogP contribution in [0.2, 0.25) is 0 Å². The van der Waals surface area contributed by atoms with Crippen molar-refractivity contribution < 1.29 is 0 Å². The Bertz CT molecular complexity index is 282. The lowest BCUT2D eigenvalue weighted by molar-refractivity contribution is 0.103. The van der Waals surface area contributed by atoms with Crippen molar-refractivity contribution in [3.8, 4) is 0 Å². The molecular weight excluding hydrogens is 256 g/mol. The summed E-state index contributed by atoms with van der Waals surface area (Å²) in [6, 6.07) is 0. The number of hydrogen-bond acceptors (Lipinski definition) is 2. The van der Waals surface area contributed by atoms with E-state index in [1.807, 2.05) is 0 Å². The topological polar surface area (TPSA) is 6.48 Å². The molecule has 1 rings (SSSR count). The van der Waals surface area contributed by atoms with E-state index >= 15 is 0 Å². The lowest BCUT2D eigenvalue weighted by atomic mass is 9.81. The van der Waals surface area contributed by atoms with Gasteiger partial charge in [0.05, 0.1) is 0 Å². The van der Waals surface area contributed by atoms with Gasteiger partial charge in [-0.3, -0.25) is 0 Å². The minimum absolute atomic E-state index is 0.464. The number of nitrogens with zero attached hydrogens (tertiary/aromatic N) is 2. The number of rotatable bonds is 7. The van der Waals surface area contributed by atoms with Crippen molar-refractivity contribution in [1.29, 1.82) is 0 Å². The molecule has 0 saturated carbocycles. The molecule has 1 atom stereocenters. The van der Waals surface area contributed by atoms with Crippen molar-refractivity contribution in [3.05, 3.63) is 0 Å². The fourth-order valence-electron chi connectivity index (χ4n) is 3.15. The van der Waals surface area contributed by atoms with Gasteiger partial charge in [-0.05, 0) is 36.6 Å². The van der Waals surface area contributed by atoms with Crippen LogP contribution in [0.5, 0.6) is 0 Å². The molecule has 0 radical (unpaired) electrons. The van der Waals surface area contributed by atoms with E-state index in [1.54, 1.807) is 0 Å². The molecule has 126 valence electrons. The number of hydrogen-bond donors (Lipinski definition) is 0. The first-order chi connectivity index (χ1) is 9.57. The van der Waals surface area contributed by atoms with E-state index in [1.165, 1.54) is 58.4 Å². The molecule has 0 spiro atoms. The van der Waals surface area contributed by atoms with Crippen molar-refractivity contribution in [2.24, 2.45) is 16.7 Å².